The van der Waals surface area contributed by atoms with Crippen LogP contribution in [0.25, 0.3) is 0 Å². The van der Waals surface area contributed by atoms with E-state index >= 15 is 0 Å². The second-order valence-corrected chi connectivity index (χ2v) is 11.7. The van der Waals surface area contributed by atoms with Crippen LogP contribution in [-0.2, 0) is 8.85 Å². The molecule has 0 unspecified atom stereocenters. The Morgan fingerprint density at radius 2 is 1.48 bits per heavy atom. The van der Waals surface area contributed by atoms with Crippen LogP contribution in [-0.4, -0.2) is 45.2 Å². The molecule has 1 aliphatic heterocycles. The standard InChI is InChI=1S/C11H22O2Si.C5H10O2.C4H10/c1-10(2)14(11(3)4)12-8-6-5-7-9-13-14;6-4-2-1-3-5-7;1-4(2)3/h5-6,10-11H,7-9H2,1-4H3;1-2,6-7H,3-5H2;4H,1-3H3/b6-5-;2-1-;. The zero-order valence-corrected chi connectivity index (χ0v) is 18.5. The minimum Gasteiger partial charge on any atom is -0.396 e. The molecule has 4 nitrogen and oxygen atoms in total. The fourth-order valence-electron chi connectivity index (χ4n) is 2.29. The van der Waals surface area contributed by atoms with Crippen LogP contribution in [0.15, 0.2) is 24.3 Å². The van der Waals surface area contributed by atoms with E-state index in [1.807, 2.05) is 0 Å². The molecule has 0 bridgehead atoms. The van der Waals surface area contributed by atoms with Gasteiger partial charge in [0.05, 0.1) is 13.2 Å². The lowest BCUT2D eigenvalue weighted by Crippen LogP contribution is -2.48. The molecule has 25 heavy (non-hydrogen) atoms. The molecule has 150 valence electrons. The molecule has 0 spiro atoms. The summed E-state index contributed by atoms with van der Waals surface area (Å²) < 4.78 is 12.1. The van der Waals surface area contributed by atoms with Crippen molar-refractivity contribution in [1.82, 2.24) is 0 Å². The molecule has 1 aliphatic rings. The Hall–Kier alpha value is -0.463. The van der Waals surface area contributed by atoms with Crippen LogP contribution < -0.4 is 0 Å². The normalized spacial score (nSPS) is 18.2. The number of hydrogen-bond acceptors (Lipinski definition) is 4. The zero-order chi connectivity index (χ0) is 19.7. The van der Waals surface area contributed by atoms with Gasteiger partial charge in [0.1, 0.15) is 0 Å². The first kappa shape index (κ1) is 26.8. The van der Waals surface area contributed by atoms with Gasteiger partial charge in [0, 0.05) is 13.2 Å². The number of hydrogen-bond donors (Lipinski definition) is 2. The van der Waals surface area contributed by atoms with E-state index in [1.54, 1.807) is 12.2 Å². The summed E-state index contributed by atoms with van der Waals surface area (Å²) in [5.74, 6) is 0.833. The maximum Gasteiger partial charge on any atom is 0.343 e. The van der Waals surface area contributed by atoms with Gasteiger partial charge in [0.2, 0.25) is 0 Å². The number of aliphatic hydroxyl groups excluding tert-OH is 2. The summed E-state index contributed by atoms with van der Waals surface area (Å²) in [4.78, 5) is 0. The first-order chi connectivity index (χ1) is 11.7. The molecule has 0 fully saturated rings. The first-order valence-electron chi connectivity index (χ1n) is 9.54. The summed E-state index contributed by atoms with van der Waals surface area (Å²) in [5, 5.41) is 16.3. The van der Waals surface area contributed by atoms with Crippen molar-refractivity contribution < 1.29 is 19.1 Å². The highest BCUT2D eigenvalue weighted by molar-refractivity contribution is 6.70. The highest BCUT2D eigenvalue weighted by atomic mass is 28.4. The Bertz CT molecular complexity index is 328. The van der Waals surface area contributed by atoms with Crippen LogP contribution in [0.2, 0.25) is 11.1 Å². The fraction of sp³-hybridized carbons (Fsp3) is 0.800. The lowest BCUT2D eigenvalue weighted by Gasteiger charge is -2.37. The van der Waals surface area contributed by atoms with E-state index < -0.39 is 8.56 Å². The highest BCUT2D eigenvalue weighted by Gasteiger charge is 2.44. The molecule has 1 rings (SSSR count). The monoisotopic (exact) mass is 374 g/mol. The van der Waals surface area contributed by atoms with Crippen molar-refractivity contribution in [2.75, 3.05) is 26.4 Å². The molecular weight excluding hydrogens is 332 g/mol. The summed E-state index contributed by atoms with van der Waals surface area (Å²) in [7, 11) is -1.97. The predicted molar refractivity (Wildman–Crippen MR) is 110 cm³/mol. The van der Waals surface area contributed by atoms with Crippen LogP contribution in [0.4, 0.5) is 0 Å². The lowest BCUT2D eigenvalue weighted by molar-refractivity contribution is 0.165. The molecule has 0 aromatic rings. The average molecular weight is 375 g/mol. The number of rotatable bonds is 5. The van der Waals surface area contributed by atoms with Crippen molar-refractivity contribution in [2.24, 2.45) is 5.92 Å². The van der Waals surface area contributed by atoms with Crippen LogP contribution in [0.5, 0.6) is 0 Å². The lowest BCUT2D eigenvalue weighted by atomic mass is 10.3. The van der Waals surface area contributed by atoms with E-state index in [4.69, 9.17) is 19.1 Å². The third-order valence-corrected chi connectivity index (χ3v) is 7.85. The van der Waals surface area contributed by atoms with Crippen molar-refractivity contribution in [3.8, 4) is 0 Å². The van der Waals surface area contributed by atoms with E-state index in [0.29, 0.717) is 17.5 Å². The number of aliphatic hydroxyl groups is 2. The van der Waals surface area contributed by atoms with Gasteiger partial charge in [-0.3, -0.25) is 0 Å². The average Bonchev–Trinajstić information content (AvgIpc) is 2.47. The van der Waals surface area contributed by atoms with Crippen molar-refractivity contribution in [1.29, 1.82) is 0 Å². The molecule has 0 atom stereocenters. The molecular formula is C20H42O4Si. The third-order valence-electron chi connectivity index (χ3n) is 3.36. The summed E-state index contributed by atoms with van der Waals surface area (Å²) in [6.07, 6.45) is 9.27. The Morgan fingerprint density at radius 1 is 0.920 bits per heavy atom. The minimum absolute atomic E-state index is 0.0694. The summed E-state index contributed by atoms with van der Waals surface area (Å²) in [6, 6.07) is 0. The van der Waals surface area contributed by atoms with Gasteiger partial charge in [0.15, 0.2) is 0 Å². The van der Waals surface area contributed by atoms with Gasteiger partial charge in [-0.25, -0.2) is 0 Å². The minimum atomic E-state index is -1.97. The van der Waals surface area contributed by atoms with Gasteiger partial charge in [-0.1, -0.05) is 72.8 Å². The van der Waals surface area contributed by atoms with E-state index in [1.165, 1.54) is 0 Å². The topological polar surface area (TPSA) is 58.9 Å². The third kappa shape index (κ3) is 14.4. The van der Waals surface area contributed by atoms with Gasteiger partial charge < -0.3 is 19.1 Å². The predicted octanol–water partition coefficient (Wildman–Crippen LogP) is 4.82. The van der Waals surface area contributed by atoms with Gasteiger partial charge >= 0.3 is 8.56 Å². The van der Waals surface area contributed by atoms with Crippen LogP contribution in [0, 0.1) is 5.92 Å². The summed E-state index contributed by atoms with van der Waals surface area (Å²) in [5.41, 5.74) is 1.04. The largest absolute Gasteiger partial charge is 0.396 e. The SMILES string of the molecule is CC(C)C.CC(C)[Si]1(C(C)C)OC/C=C\CCO1.OC/C=C\CCO. The second kappa shape index (κ2) is 17.0. The molecule has 0 aromatic heterocycles. The van der Waals surface area contributed by atoms with Crippen molar-refractivity contribution in [2.45, 2.75) is 72.4 Å². The van der Waals surface area contributed by atoms with Crippen molar-refractivity contribution in [3.05, 3.63) is 24.3 Å². The van der Waals surface area contributed by atoms with Gasteiger partial charge in [-0.15, -0.1) is 0 Å². The zero-order valence-electron chi connectivity index (χ0n) is 17.5. The van der Waals surface area contributed by atoms with Gasteiger partial charge in [-0.05, 0) is 29.8 Å². The van der Waals surface area contributed by atoms with Crippen LogP contribution >= 0.6 is 0 Å². The summed E-state index contributed by atoms with van der Waals surface area (Å²) >= 11 is 0. The van der Waals surface area contributed by atoms with Crippen molar-refractivity contribution >= 4 is 8.56 Å². The molecule has 0 aromatic carbocycles. The smallest absolute Gasteiger partial charge is 0.343 e. The molecule has 0 saturated heterocycles. The second-order valence-electron chi connectivity index (χ2n) is 7.35. The highest BCUT2D eigenvalue weighted by Crippen LogP contribution is 2.35. The maximum absolute atomic E-state index is 8.16. The molecule has 0 radical (unpaired) electrons. The van der Waals surface area contributed by atoms with Gasteiger partial charge in [-0.2, -0.15) is 0 Å². The first-order valence-corrected chi connectivity index (χ1v) is 11.5. The fourth-order valence-corrected chi connectivity index (χ4v) is 5.84. The van der Waals surface area contributed by atoms with Crippen molar-refractivity contribution in [3.63, 3.8) is 0 Å². The van der Waals surface area contributed by atoms with E-state index in [-0.39, 0.29) is 13.2 Å². The van der Waals surface area contributed by atoms with E-state index in [9.17, 15) is 0 Å². The molecule has 0 amide bonds. The van der Waals surface area contributed by atoms with Crippen LogP contribution in [0.3, 0.4) is 0 Å². The van der Waals surface area contributed by atoms with E-state index in [2.05, 4.69) is 60.6 Å². The molecule has 0 saturated carbocycles. The Morgan fingerprint density at radius 3 is 1.92 bits per heavy atom. The maximum atomic E-state index is 8.16. The van der Waals surface area contributed by atoms with Crippen LogP contribution in [0.1, 0.15) is 61.3 Å². The Labute approximate surface area is 157 Å². The molecule has 5 heteroatoms. The quantitative estimate of drug-likeness (QED) is 0.535. The Balaban J connectivity index is 0. The summed E-state index contributed by atoms with van der Waals surface area (Å²) in [6.45, 7) is 17.2. The molecule has 2 N–H and O–H groups in total. The van der Waals surface area contributed by atoms with E-state index in [0.717, 1.165) is 25.6 Å². The molecule has 1 heterocycles. The van der Waals surface area contributed by atoms with Gasteiger partial charge in [0.25, 0.3) is 0 Å². The molecule has 0 aliphatic carbocycles. The Kier molecular flexibility index (Phi) is 18.2.